The van der Waals surface area contributed by atoms with E-state index in [0.29, 0.717) is 0 Å². The third-order valence-corrected chi connectivity index (χ3v) is 2.63. The summed E-state index contributed by atoms with van der Waals surface area (Å²) in [5.74, 6) is 0.965. The predicted molar refractivity (Wildman–Crippen MR) is 65.1 cm³/mol. The second-order valence-corrected chi connectivity index (χ2v) is 3.99. The number of aromatic nitrogens is 1. The van der Waals surface area contributed by atoms with Gasteiger partial charge in [-0.3, -0.25) is 4.79 Å². The Morgan fingerprint density at radius 3 is 2.82 bits per heavy atom. The number of pyridine rings is 1. The highest BCUT2D eigenvalue weighted by Gasteiger charge is 2.17. The summed E-state index contributed by atoms with van der Waals surface area (Å²) in [6.07, 6.45) is 1.75. The number of carbonyl (C=O) groups is 1. The molecular formula is C12H18N2O3. The predicted octanol–water partition coefficient (Wildman–Crippen LogP) is 1.50. The average molecular weight is 238 g/mol. The molecule has 1 atom stereocenters. The largest absolute Gasteiger partial charge is 0.483 e. The second-order valence-electron chi connectivity index (χ2n) is 3.99. The third-order valence-electron chi connectivity index (χ3n) is 2.63. The van der Waals surface area contributed by atoms with Gasteiger partial charge >= 0.3 is 0 Å². The van der Waals surface area contributed by atoms with Crippen LogP contribution in [0.1, 0.15) is 36.3 Å². The van der Waals surface area contributed by atoms with Crippen molar-refractivity contribution >= 4 is 12.3 Å². The summed E-state index contributed by atoms with van der Waals surface area (Å²) in [4.78, 5) is 12.8. The molecule has 0 saturated heterocycles. The van der Waals surface area contributed by atoms with E-state index in [4.69, 9.17) is 9.90 Å². The number of nitrogens with one attached hydrogen (secondary N) is 1. The molecule has 0 saturated carbocycles. The van der Waals surface area contributed by atoms with Crippen molar-refractivity contribution < 1.29 is 15.0 Å². The fraction of sp³-hybridized carbons (Fsp3) is 0.500. The van der Waals surface area contributed by atoms with E-state index in [9.17, 15) is 5.11 Å². The highest BCUT2D eigenvalue weighted by molar-refractivity contribution is 5.52. The van der Waals surface area contributed by atoms with Gasteiger partial charge in [-0.05, 0) is 38.3 Å². The Hall–Kier alpha value is -1.62. The van der Waals surface area contributed by atoms with Gasteiger partial charge in [0.05, 0.1) is 6.10 Å². The molecule has 0 spiro atoms. The van der Waals surface area contributed by atoms with E-state index < -0.39 is 6.10 Å². The number of aliphatic hydroxyl groups is 1. The SMILES string of the molecule is Cc1cc(C(C)O)c2c(n1)NCCC2.O=CO. The number of aliphatic hydroxyl groups excluding tert-OH is 1. The van der Waals surface area contributed by atoms with E-state index >= 15 is 0 Å². The maximum Gasteiger partial charge on any atom is 0.290 e. The van der Waals surface area contributed by atoms with E-state index in [1.807, 2.05) is 19.9 Å². The van der Waals surface area contributed by atoms with Crippen molar-refractivity contribution in [1.29, 1.82) is 0 Å². The van der Waals surface area contributed by atoms with Crippen molar-refractivity contribution in [2.75, 3.05) is 11.9 Å². The Labute approximate surface area is 101 Å². The maximum absolute atomic E-state index is 9.65. The number of anilines is 1. The zero-order valence-corrected chi connectivity index (χ0v) is 10.1. The molecule has 2 rings (SSSR count). The fourth-order valence-corrected chi connectivity index (χ4v) is 1.98. The minimum absolute atomic E-state index is 0.250. The molecular weight excluding hydrogens is 220 g/mol. The van der Waals surface area contributed by atoms with Crippen molar-refractivity contribution in [3.8, 4) is 0 Å². The number of hydrogen-bond acceptors (Lipinski definition) is 4. The zero-order chi connectivity index (χ0) is 12.8. The average Bonchev–Trinajstić information content (AvgIpc) is 2.28. The summed E-state index contributed by atoms with van der Waals surface area (Å²) >= 11 is 0. The summed E-state index contributed by atoms with van der Waals surface area (Å²) in [7, 11) is 0. The molecule has 5 nitrogen and oxygen atoms in total. The molecule has 0 fully saturated rings. The molecule has 0 aromatic carbocycles. The highest BCUT2D eigenvalue weighted by Crippen LogP contribution is 2.28. The van der Waals surface area contributed by atoms with Crippen LogP contribution in [0.25, 0.3) is 0 Å². The number of fused-ring (bicyclic) bond motifs is 1. The standard InChI is InChI=1S/C11H16N2O.CH2O2/c1-7-6-10(8(2)14)9-4-3-5-12-11(9)13-7;2-1-3/h6,8,14H,3-5H2,1-2H3,(H,12,13);1H,(H,2,3). The van der Waals surface area contributed by atoms with Gasteiger partial charge in [-0.2, -0.15) is 0 Å². The second kappa shape index (κ2) is 6.20. The third kappa shape index (κ3) is 3.42. The van der Waals surface area contributed by atoms with Gasteiger partial charge in [-0.25, -0.2) is 4.98 Å². The molecule has 0 radical (unpaired) electrons. The van der Waals surface area contributed by atoms with E-state index in [0.717, 1.165) is 36.5 Å². The van der Waals surface area contributed by atoms with Crippen molar-refractivity contribution in [1.82, 2.24) is 4.98 Å². The Balaban J connectivity index is 0.000000437. The van der Waals surface area contributed by atoms with Crippen LogP contribution in [0.5, 0.6) is 0 Å². The molecule has 1 aromatic heterocycles. The first kappa shape index (κ1) is 13.4. The van der Waals surface area contributed by atoms with Crippen LogP contribution in [0.15, 0.2) is 6.07 Å². The molecule has 1 aliphatic rings. The summed E-state index contributed by atoms with van der Waals surface area (Å²) in [6.45, 7) is 4.51. The summed E-state index contributed by atoms with van der Waals surface area (Å²) in [5, 5.41) is 19.8. The lowest BCUT2D eigenvalue weighted by molar-refractivity contribution is -0.122. The Bertz CT molecular complexity index is 392. The highest BCUT2D eigenvalue weighted by atomic mass is 16.3. The van der Waals surface area contributed by atoms with Gasteiger partial charge in [-0.1, -0.05) is 0 Å². The number of nitrogens with zero attached hydrogens (tertiary/aromatic N) is 1. The first-order valence-corrected chi connectivity index (χ1v) is 5.60. The maximum atomic E-state index is 9.65. The summed E-state index contributed by atoms with van der Waals surface area (Å²) in [6, 6.07) is 1.98. The summed E-state index contributed by atoms with van der Waals surface area (Å²) in [5.41, 5.74) is 3.19. The molecule has 0 amide bonds. The molecule has 94 valence electrons. The van der Waals surface area contributed by atoms with Crippen LogP contribution in [0.3, 0.4) is 0 Å². The molecule has 17 heavy (non-hydrogen) atoms. The fourth-order valence-electron chi connectivity index (χ4n) is 1.98. The van der Waals surface area contributed by atoms with E-state index in [-0.39, 0.29) is 6.47 Å². The number of aryl methyl sites for hydroxylation is 1. The monoisotopic (exact) mass is 238 g/mol. The molecule has 1 aliphatic heterocycles. The van der Waals surface area contributed by atoms with Gasteiger partial charge in [0.2, 0.25) is 0 Å². The first-order chi connectivity index (χ1) is 8.10. The van der Waals surface area contributed by atoms with Gasteiger partial charge in [-0.15, -0.1) is 0 Å². The molecule has 1 unspecified atom stereocenters. The normalized spacial score (nSPS) is 14.8. The van der Waals surface area contributed by atoms with Crippen molar-refractivity contribution in [3.63, 3.8) is 0 Å². The van der Waals surface area contributed by atoms with E-state index in [1.165, 1.54) is 5.56 Å². The Kier molecular flexibility index (Phi) is 4.90. The molecule has 2 heterocycles. The lowest BCUT2D eigenvalue weighted by Gasteiger charge is -2.21. The quantitative estimate of drug-likeness (QED) is 0.646. The smallest absolute Gasteiger partial charge is 0.290 e. The van der Waals surface area contributed by atoms with E-state index in [2.05, 4.69) is 10.3 Å². The molecule has 1 aromatic rings. The van der Waals surface area contributed by atoms with Gasteiger partial charge in [0.15, 0.2) is 0 Å². The van der Waals surface area contributed by atoms with Crippen LogP contribution < -0.4 is 5.32 Å². The first-order valence-electron chi connectivity index (χ1n) is 5.60. The molecule has 0 aliphatic carbocycles. The molecule has 0 bridgehead atoms. The summed E-state index contributed by atoms with van der Waals surface area (Å²) < 4.78 is 0. The van der Waals surface area contributed by atoms with Crippen molar-refractivity contribution in [2.45, 2.75) is 32.8 Å². The topological polar surface area (TPSA) is 82.5 Å². The zero-order valence-electron chi connectivity index (χ0n) is 10.1. The van der Waals surface area contributed by atoms with Crippen molar-refractivity contribution in [3.05, 3.63) is 22.9 Å². The molecule has 3 N–H and O–H groups in total. The van der Waals surface area contributed by atoms with Gasteiger partial charge < -0.3 is 15.5 Å². The van der Waals surface area contributed by atoms with Crippen LogP contribution in [-0.2, 0) is 11.2 Å². The Morgan fingerprint density at radius 1 is 1.59 bits per heavy atom. The lowest BCUT2D eigenvalue weighted by Crippen LogP contribution is -2.16. The van der Waals surface area contributed by atoms with E-state index in [1.54, 1.807) is 0 Å². The van der Waals surface area contributed by atoms with Crippen LogP contribution in [-0.4, -0.2) is 28.2 Å². The van der Waals surface area contributed by atoms with Crippen LogP contribution in [0.4, 0.5) is 5.82 Å². The minimum Gasteiger partial charge on any atom is -0.483 e. The Morgan fingerprint density at radius 2 is 2.24 bits per heavy atom. The number of carboxylic acid groups (broad SMARTS) is 1. The van der Waals surface area contributed by atoms with Gasteiger partial charge in [0.1, 0.15) is 5.82 Å². The lowest BCUT2D eigenvalue weighted by atomic mass is 9.97. The number of rotatable bonds is 1. The van der Waals surface area contributed by atoms with Crippen LogP contribution in [0.2, 0.25) is 0 Å². The van der Waals surface area contributed by atoms with Crippen molar-refractivity contribution in [2.24, 2.45) is 0 Å². The van der Waals surface area contributed by atoms with Crippen LogP contribution >= 0.6 is 0 Å². The van der Waals surface area contributed by atoms with Gasteiger partial charge in [0, 0.05) is 17.8 Å². The van der Waals surface area contributed by atoms with Crippen LogP contribution in [0, 0.1) is 6.92 Å². The minimum atomic E-state index is -0.398. The number of hydrogen-bond donors (Lipinski definition) is 3. The molecule has 5 heteroatoms. The van der Waals surface area contributed by atoms with Gasteiger partial charge in [0.25, 0.3) is 6.47 Å².